The zero-order valence-corrected chi connectivity index (χ0v) is 9.05. The molecule has 1 N–H and O–H groups in total. The molecule has 1 rings (SSSR count). The van der Waals surface area contributed by atoms with Crippen LogP contribution in [0.4, 0.5) is 0 Å². The highest BCUT2D eigenvalue weighted by atomic mass is 14.9. The predicted octanol–water partition coefficient (Wildman–Crippen LogP) is 3.12. The molecule has 0 aromatic heterocycles. The summed E-state index contributed by atoms with van der Waals surface area (Å²) >= 11 is 0. The second kappa shape index (κ2) is 5.43. The monoisotopic (exact) mass is 181 g/mol. The molecule has 0 aliphatic heterocycles. The maximum absolute atomic E-state index is 3.77. The van der Waals surface area contributed by atoms with E-state index in [0.717, 1.165) is 12.3 Å². The fourth-order valence-corrected chi connectivity index (χ4v) is 2.36. The molecule has 1 aliphatic rings. The van der Waals surface area contributed by atoms with Crippen LogP contribution in [0.25, 0.3) is 0 Å². The van der Waals surface area contributed by atoms with Crippen LogP contribution in [0.1, 0.15) is 46.0 Å². The molecule has 0 heterocycles. The Hall–Kier alpha value is -0.300. The van der Waals surface area contributed by atoms with Crippen LogP contribution in [0.15, 0.2) is 12.7 Å². The molecule has 0 aromatic rings. The Morgan fingerprint density at radius 1 is 1.38 bits per heavy atom. The van der Waals surface area contributed by atoms with Crippen LogP contribution in [-0.2, 0) is 0 Å². The lowest BCUT2D eigenvalue weighted by Gasteiger charge is -2.24. The first-order valence-electron chi connectivity index (χ1n) is 5.61. The van der Waals surface area contributed by atoms with E-state index in [1.165, 1.54) is 25.7 Å². The minimum atomic E-state index is 0.591. The summed E-state index contributed by atoms with van der Waals surface area (Å²) in [4.78, 5) is 0. The molecule has 13 heavy (non-hydrogen) atoms. The maximum atomic E-state index is 3.77. The molecule has 1 fully saturated rings. The molecule has 0 bridgehead atoms. The van der Waals surface area contributed by atoms with E-state index in [2.05, 4.69) is 25.7 Å². The lowest BCUT2D eigenvalue weighted by molar-refractivity contribution is 0.350. The molecule has 0 amide bonds. The second-order valence-electron chi connectivity index (χ2n) is 4.43. The van der Waals surface area contributed by atoms with Gasteiger partial charge in [-0.3, -0.25) is 0 Å². The van der Waals surface area contributed by atoms with Crippen molar-refractivity contribution in [3.63, 3.8) is 0 Å². The van der Waals surface area contributed by atoms with Crippen molar-refractivity contribution in [3.8, 4) is 0 Å². The van der Waals surface area contributed by atoms with Crippen LogP contribution in [0.3, 0.4) is 0 Å². The first kappa shape index (κ1) is 10.8. The highest BCUT2D eigenvalue weighted by Gasteiger charge is 2.21. The fourth-order valence-electron chi connectivity index (χ4n) is 2.36. The number of nitrogens with one attached hydrogen (secondary N) is 1. The lowest BCUT2D eigenvalue weighted by Crippen LogP contribution is -2.38. The first-order chi connectivity index (χ1) is 6.24. The highest BCUT2D eigenvalue weighted by Crippen LogP contribution is 2.27. The number of hydrogen-bond donors (Lipinski definition) is 1. The Labute approximate surface area is 82.6 Å². The maximum Gasteiger partial charge on any atom is 0.00757 e. The van der Waals surface area contributed by atoms with E-state index in [9.17, 15) is 0 Å². The van der Waals surface area contributed by atoms with Crippen LogP contribution < -0.4 is 5.32 Å². The predicted molar refractivity (Wildman–Crippen MR) is 58.8 cm³/mol. The van der Waals surface area contributed by atoms with E-state index >= 15 is 0 Å². The zero-order chi connectivity index (χ0) is 9.68. The molecular weight excluding hydrogens is 158 g/mol. The van der Waals surface area contributed by atoms with Gasteiger partial charge in [-0.2, -0.15) is 0 Å². The van der Waals surface area contributed by atoms with Gasteiger partial charge in [0.2, 0.25) is 0 Å². The fraction of sp³-hybridized carbons (Fsp3) is 0.833. The molecule has 0 saturated heterocycles. The van der Waals surface area contributed by atoms with Gasteiger partial charge < -0.3 is 5.32 Å². The van der Waals surface area contributed by atoms with E-state index < -0.39 is 0 Å². The summed E-state index contributed by atoms with van der Waals surface area (Å²) in [5.41, 5.74) is 0. The molecule has 0 radical (unpaired) electrons. The molecule has 0 spiro atoms. The van der Waals surface area contributed by atoms with Gasteiger partial charge in [-0.25, -0.2) is 0 Å². The van der Waals surface area contributed by atoms with Crippen LogP contribution in [0, 0.1) is 5.92 Å². The summed E-state index contributed by atoms with van der Waals surface area (Å²) in [5.74, 6) is 0.923. The Bertz CT molecular complexity index is 147. The minimum absolute atomic E-state index is 0.591. The van der Waals surface area contributed by atoms with Gasteiger partial charge in [-0.05, 0) is 39.0 Å². The number of rotatable bonds is 5. The third-order valence-electron chi connectivity index (χ3n) is 3.17. The summed E-state index contributed by atoms with van der Waals surface area (Å²) in [6.07, 6.45) is 8.80. The van der Waals surface area contributed by atoms with Gasteiger partial charge in [0.15, 0.2) is 0 Å². The zero-order valence-electron chi connectivity index (χ0n) is 9.05. The topological polar surface area (TPSA) is 12.0 Å². The standard InChI is InChI=1S/C12H23N/c1-4-7-10(2)13-11(3)12-8-5-6-9-12/h4,10-13H,1,5-9H2,2-3H3. The average molecular weight is 181 g/mol. The summed E-state index contributed by atoms with van der Waals surface area (Å²) in [7, 11) is 0. The van der Waals surface area contributed by atoms with E-state index in [0.29, 0.717) is 12.1 Å². The van der Waals surface area contributed by atoms with E-state index in [1.54, 1.807) is 0 Å². The Kier molecular flexibility index (Phi) is 4.51. The molecule has 1 nitrogen and oxygen atoms in total. The largest absolute Gasteiger partial charge is 0.311 e. The third kappa shape index (κ3) is 3.51. The Morgan fingerprint density at radius 2 is 2.00 bits per heavy atom. The van der Waals surface area contributed by atoms with Crippen molar-refractivity contribution in [2.45, 2.75) is 58.0 Å². The van der Waals surface area contributed by atoms with Crippen molar-refractivity contribution >= 4 is 0 Å². The van der Waals surface area contributed by atoms with Crippen LogP contribution >= 0.6 is 0 Å². The minimum Gasteiger partial charge on any atom is -0.311 e. The van der Waals surface area contributed by atoms with Crippen molar-refractivity contribution < 1.29 is 0 Å². The van der Waals surface area contributed by atoms with Crippen molar-refractivity contribution in [1.29, 1.82) is 0 Å². The molecule has 1 heteroatoms. The normalized spacial score (nSPS) is 22.9. The lowest BCUT2D eigenvalue weighted by atomic mass is 9.99. The van der Waals surface area contributed by atoms with Gasteiger partial charge in [-0.15, -0.1) is 6.58 Å². The molecular formula is C12H23N. The summed E-state index contributed by atoms with van der Waals surface area (Å²) < 4.78 is 0. The smallest absolute Gasteiger partial charge is 0.00757 e. The molecule has 2 unspecified atom stereocenters. The Morgan fingerprint density at radius 3 is 2.54 bits per heavy atom. The molecule has 0 aromatic carbocycles. The second-order valence-corrected chi connectivity index (χ2v) is 4.43. The van der Waals surface area contributed by atoms with Crippen LogP contribution in [-0.4, -0.2) is 12.1 Å². The van der Waals surface area contributed by atoms with Crippen molar-refractivity contribution in [2.24, 2.45) is 5.92 Å². The highest BCUT2D eigenvalue weighted by molar-refractivity contribution is 4.82. The molecule has 1 aliphatic carbocycles. The summed E-state index contributed by atoms with van der Waals surface area (Å²) in [5, 5.41) is 3.65. The summed E-state index contributed by atoms with van der Waals surface area (Å²) in [6.45, 7) is 8.34. The van der Waals surface area contributed by atoms with Crippen LogP contribution in [0.5, 0.6) is 0 Å². The quantitative estimate of drug-likeness (QED) is 0.643. The van der Waals surface area contributed by atoms with Gasteiger partial charge in [0.05, 0.1) is 0 Å². The van der Waals surface area contributed by atoms with E-state index in [1.807, 2.05) is 6.08 Å². The van der Waals surface area contributed by atoms with Crippen molar-refractivity contribution in [1.82, 2.24) is 5.32 Å². The van der Waals surface area contributed by atoms with Crippen molar-refractivity contribution in [2.75, 3.05) is 0 Å². The molecule has 76 valence electrons. The van der Waals surface area contributed by atoms with Crippen LogP contribution in [0.2, 0.25) is 0 Å². The SMILES string of the molecule is C=CCC(C)NC(C)C1CCCC1. The van der Waals surface area contributed by atoms with Gasteiger partial charge >= 0.3 is 0 Å². The van der Waals surface area contributed by atoms with E-state index in [-0.39, 0.29) is 0 Å². The Balaban J connectivity index is 2.22. The van der Waals surface area contributed by atoms with E-state index in [4.69, 9.17) is 0 Å². The third-order valence-corrected chi connectivity index (χ3v) is 3.17. The molecule has 2 atom stereocenters. The van der Waals surface area contributed by atoms with Gasteiger partial charge in [0.25, 0.3) is 0 Å². The molecule has 1 saturated carbocycles. The average Bonchev–Trinajstić information content (AvgIpc) is 2.55. The summed E-state index contributed by atoms with van der Waals surface area (Å²) in [6, 6.07) is 1.28. The van der Waals surface area contributed by atoms with Crippen molar-refractivity contribution in [3.05, 3.63) is 12.7 Å². The number of hydrogen-bond acceptors (Lipinski definition) is 1. The van der Waals surface area contributed by atoms with Gasteiger partial charge in [0.1, 0.15) is 0 Å². The van der Waals surface area contributed by atoms with Gasteiger partial charge in [0, 0.05) is 12.1 Å². The first-order valence-corrected chi connectivity index (χ1v) is 5.61. The van der Waals surface area contributed by atoms with Gasteiger partial charge in [-0.1, -0.05) is 18.9 Å².